The molecular weight excluding hydrogens is 274 g/mol. The van der Waals surface area contributed by atoms with Gasteiger partial charge >= 0.3 is 5.97 Å². The third-order valence-electron chi connectivity index (χ3n) is 3.25. The molecule has 1 aromatic carbocycles. The number of hydrogen-bond acceptors (Lipinski definition) is 4. The molecule has 0 amide bonds. The molecule has 20 heavy (non-hydrogen) atoms. The minimum atomic E-state index is -0.925. The molecule has 0 spiro atoms. The fraction of sp³-hybridized carbons (Fsp3) is 0.533. The van der Waals surface area contributed by atoms with Crippen LogP contribution in [0.15, 0.2) is 24.3 Å². The van der Waals surface area contributed by atoms with Gasteiger partial charge < -0.3 is 9.84 Å². The first-order valence-corrected chi connectivity index (χ1v) is 7.83. The Morgan fingerprint density at radius 2 is 2.10 bits per heavy atom. The van der Waals surface area contributed by atoms with Crippen molar-refractivity contribution in [3.05, 3.63) is 29.8 Å². The van der Waals surface area contributed by atoms with E-state index in [2.05, 4.69) is 18.7 Å². The SMILES string of the molecule is CC1CN(CCOc2cccc(C(=O)O)c2)CC(C)S1. The fourth-order valence-electron chi connectivity index (χ4n) is 2.48. The normalized spacial score (nSPS) is 23.5. The topological polar surface area (TPSA) is 49.8 Å². The largest absolute Gasteiger partial charge is 0.492 e. The van der Waals surface area contributed by atoms with Gasteiger partial charge in [0.1, 0.15) is 12.4 Å². The zero-order valence-electron chi connectivity index (χ0n) is 11.9. The zero-order chi connectivity index (χ0) is 14.5. The van der Waals surface area contributed by atoms with Crippen molar-refractivity contribution >= 4 is 17.7 Å². The Balaban J connectivity index is 1.81. The van der Waals surface area contributed by atoms with Crippen LogP contribution in [0.3, 0.4) is 0 Å². The van der Waals surface area contributed by atoms with Crippen molar-refractivity contribution in [3.63, 3.8) is 0 Å². The molecule has 2 atom stereocenters. The van der Waals surface area contributed by atoms with Crippen LogP contribution in [0.5, 0.6) is 5.75 Å². The van der Waals surface area contributed by atoms with Crippen LogP contribution >= 0.6 is 11.8 Å². The van der Waals surface area contributed by atoms with Crippen LogP contribution in [0, 0.1) is 0 Å². The molecule has 0 radical (unpaired) electrons. The van der Waals surface area contributed by atoms with E-state index in [1.807, 2.05) is 11.8 Å². The standard InChI is InChI=1S/C15H21NO3S/c1-11-9-16(10-12(2)20-11)6-7-19-14-5-3-4-13(8-14)15(17)18/h3-5,8,11-12H,6-7,9-10H2,1-2H3,(H,17,18). The number of aromatic carboxylic acids is 1. The van der Waals surface area contributed by atoms with Gasteiger partial charge in [0, 0.05) is 30.1 Å². The summed E-state index contributed by atoms with van der Waals surface area (Å²) in [6.07, 6.45) is 0. The van der Waals surface area contributed by atoms with Gasteiger partial charge in [0.25, 0.3) is 0 Å². The van der Waals surface area contributed by atoms with E-state index in [0.717, 1.165) is 19.6 Å². The third-order valence-corrected chi connectivity index (χ3v) is 4.48. The van der Waals surface area contributed by atoms with E-state index in [1.54, 1.807) is 24.3 Å². The van der Waals surface area contributed by atoms with Crippen molar-refractivity contribution in [3.8, 4) is 5.75 Å². The van der Waals surface area contributed by atoms with Gasteiger partial charge in [-0.05, 0) is 18.2 Å². The summed E-state index contributed by atoms with van der Waals surface area (Å²) < 4.78 is 5.66. The van der Waals surface area contributed by atoms with Gasteiger partial charge in [-0.25, -0.2) is 4.79 Å². The molecule has 0 aliphatic carbocycles. The number of carbonyl (C=O) groups is 1. The average molecular weight is 295 g/mol. The van der Waals surface area contributed by atoms with Crippen molar-refractivity contribution in [1.29, 1.82) is 0 Å². The molecule has 2 rings (SSSR count). The number of carboxylic acids is 1. The number of carboxylic acid groups (broad SMARTS) is 1. The second kappa shape index (κ2) is 6.99. The molecule has 4 nitrogen and oxygen atoms in total. The molecular formula is C15H21NO3S. The zero-order valence-corrected chi connectivity index (χ0v) is 12.7. The summed E-state index contributed by atoms with van der Waals surface area (Å²) in [4.78, 5) is 13.3. The summed E-state index contributed by atoms with van der Waals surface area (Å²) >= 11 is 2.03. The first kappa shape index (κ1) is 15.2. The molecule has 0 saturated carbocycles. The van der Waals surface area contributed by atoms with Crippen LogP contribution in [0.4, 0.5) is 0 Å². The van der Waals surface area contributed by atoms with Gasteiger partial charge in [0.15, 0.2) is 0 Å². The Bertz CT molecular complexity index is 456. The Labute approximate surface area is 124 Å². The van der Waals surface area contributed by atoms with Gasteiger partial charge in [-0.15, -0.1) is 0 Å². The van der Waals surface area contributed by atoms with Crippen LogP contribution in [-0.2, 0) is 0 Å². The van der Waals surface area contributed by atoms with E-state index in [1.165, 1.54) is 0 Å². The van der Waals surface area contributed by atoms with Gasteiger partial charge in [0.2, 0.25) is 0 Å². The molecule has 1 aliphatic heterocycles. The summed E-state index contributed by atoms with van der Waals surface area (Å²) in [6.45, 7) is 8.16. The van der Waals surface area contributed by atoms with E-state index in [-0.39, 0.29) is 5.56 Å². The highest BCUT2D eigenvalue weighted by molar-refractivity contribution is 8.00. The van der Waals surface area contributed by atoms with E-state index in [4.69, 9.17) is 9.84 Å². The number of thioether (sulfide) groups is 1. The summed E-state index contributed by atoms with van der Waals surface area (Å²) in [6, 6.07) is 6.64. The lowest BCUT2D eigenvalue weighted by Gasteiger charge is -2.34. The van der Waals surface area contributed by atoms with Crippen LogP contribution < -0.4 is 4.74 Å². The quantitative estimate of drug-likeness (QED) is 0.905. The van der Waals surface area contributed by atoms with E-state index < -0.39 is 5.97 Å². The number of benzene rings is 1. The van der Waals surface area contributed by atoms with Crippen LogP contribution in [-0.4, -0.2) is 52.7 Å². The average Bonchev–Trinajstić information content (AvgIpc) is 2.38. The van der Waals surface area contributed by atoms with Gasteiger partial charge in [0.05, 0.1) is 5.56 Å². The van der Waals surface area contributed by atoms with Crippen LogP contribution in [0.2, 0.25) is 0 Å². The second-order valence-electron chi connectivity index (χ2n) is 5.20. The lowest BCUT2D eigenvalue weighted by Crippen LogP contribution is -2.42. The third kappa shape index (κ3) is 4.42. The number of ether oxygens (including phenoxy) is 1. The predicted octanol–water partition coefficient (Wildman–Crippen LogP) is 2.59. The highest BCUT2D eigenvalue weighted by Gasteiger charge is 2.21. The molecule has 110 valence electrons. The fourth-order valence-corrected chi connectivity index (χ4v) is 3.87. The molecule has 1 saturated heterocycles. The van der Waals surface area contributed by atoms with Crippen molar-refractivity contribution < 1.29 is 14.6 Å². The maximum atomic E-state index is 10.9. The Morgan fingerprint density at radius 1 is 1.40 bits per heavy atom. The van der Waals surface area contributed by atoms with Crippen LogP contribution in [0.1, 0.15) is 24.2 Å². The molecule has 0 bridgehead atoms. The van der Waals surface area contributed by atoms with E-state index >= 15 is 0 Å². The second-order valence-corrected chi connectivity index (χ2v) is 7.08. The monoisotopic (exact) mass is 295 g/mol. The van der Waals surface area contributed by atoms with Gasteiger partial charge in [-0.1, -0.05) is 19.9 Å². The van der Waals surface area contributed by atoms with Crippen molar-refractivity contribution in [2.75, 3.05) is 26.2 Å². The highest BCUT2D eigenvalue weighted by atomic mass is 32.2. The molecule has 2 unspecified atom stereocenters. The molecule has 1 heterocycles. The van der Waals surface area contributed by atoms with E-state index in [9.17, 15) is 4.79 Å². The summed E-state index contributed by atoms with van der Waals surface area (Å²) in [5.41, 5.74) is 0.263. The van der Waals surface area contributed by atoms with Crippen LogP contribution in [0.25, 0.3) is 0 Å². The molecule has 1 N–H and O–H groups in total. The number of rotatable bonds is 5. The lowest BCUT2D eigenvalue weighted by molar-refractivity contribution is 0.0696. The van der Waals surface area contributed by atoms with Crippen molar-refractivity contribution in [2.45, 2.75) is 24.3 Å². The smallest absolute Gasteiger partial charge is 0.335 e. The predicted molar refractivity (Wildman–Crippen MR) is 81.9 cm³/mol. The highest BCUT2D eigenvalue weighted by Crippen LogP contribution is 2.24. The van der Waals surface area contributed by atoms with Crippen molar-refractivity contribution in [1.82, 2.24) is 4.90 Å². The Hall–Kier alpha value is -1.20. The first-order valence-electron chi connectivity index (χ1n) is 6.88. The van der Waals surface area contributed by atoms with Gasteiger partial charge in [-0.2, -0.15) is 11.8 Å². The molecule has 0 aromatic heterocycles. The lowest BCUT2D eigenvalue weighted by atomic mass is 10.2. The van der Waals surface area contributed by atoms with E-state index in [0.29, 0.717) is 22.9 Å². The minimum Gasteiger partial charge on any atom is -0.492 e. The molecule has 1 fully saturated rings. The maximum absolute atomic E-state index is 10.9. The van der Waals surface area contributed by atoms with Gasteiger partial charge in [-0.3, -0.25) is 4.90 Å². The Morgan fingerprint density at radius 3 is 2.75 bits per heavy atom. The summed E-state index contributed by atoms with van der Waals surface area (Å²) in [5.74, 6) is -0.302. The summed E-state index contributed by atoms with van der Waals surface area (Å²) in [7, 11) is 0. The summed E-state index contributed by atoms with van der Waals surface area (Å²) in [5, 5.41) is 10.3. The van der Waals surface area contributed by atoms with Crippen molar-refractivity contribution in [2.24, 2.45) is 0 Å². The first-order chi connectivity index (χ1) is 9.54. The maximum Gasteiger partial charge on any atom is 0.335 e. The molecule has 5 heteroatoms. The molecule has 1 aromatic rings. The number of nitrogens with zero attached hydrogens (tertiary/aromatic N) is 1. The minimum absolute atomic E-state index is 0.263. The number of hydrogen-bond donors (Lipinski definition) is 1. The Kier molecular flexibility index (Phi) is 5.31. The molecule has 1 aliphatic rings.